The van der Waals surface area contributed by atoms with Crippen LogP contribution in [0.15, 0.2) is 35.7 Å². The van der Waals surface area contributed by atoms with Crippen molar-refractivity contribution < 1.29 is 14.4 Å². The Balaban J connectivity index is 1.57. The van der Waals surface area contributed by atoms with Gasteiger partial charge in [0, 0.05) is 0 Å². The van der Waals surface area contributed by atoms with Crippen LogP contribution in [0.25, 0.3) is 0 Å². The summed E-state index contributed by atoms with van der Waals surface area (Å²) in [6.07, 6.45) is 3.52. The molecule has 1 saturated carbocycles. The molecule has 1 aromatic carbocycles. The van der Waals surface area contributed by atoms with E-state index in [0.29, 0.717) is 21.3 Å². The smallest absolute Gasteiger partial charge is 0.265 e. The summed E-state index contributed by atoms with van der Waals surface area (Å²) in [5.74, 6) is -0.910. The first kappa shape index (κ1) is 17.2. The first-order valence-electron chi connectivity index (χ1n) is 8.58. The van der Waals surface area contributed by atoms with Crippen molar-refractivity contribution in [2.24, 2.45) is 11.8 Å². The zero-order chi connectivity index (χ0) is 18.3. The fourth-order valence-electron chi connectivity index (χ4n) is 3.75. The van der Waals surface area contributed by atoms with Gasteiger partial charge in [-0.3, -0.25) is 19.3 Å². The van der Waals surface area contributed by atoms with Crippen LogP contribution < -0.4 is 10.2 Å². The van der Waals surface area contributed by atoms with Gasteiger partial charge >= 0.3 is 0 Å². The number of hydrogen-bond acceptors (Lipinski definition) is 4. The number of benzene rings is 1. The van der Waals surface area contributed by atoms with Crippen LogP contribution in [0.1, 0.15) is 35.4 Å². The molecule has 1 aliphatic carbocycles. The van der Waals surface area contributed by atoms with Crippen LogP contribution in [-0.2, 0) is 9.59 Å². The van der Waals surface area contributed by atoms with E-state index in [2.05, 4.69) is 5.32 Å². The van der Waals surface area contributed by atoms with E-state index in [0.717, 1.165) is 25.7 Å². The Hall–Kier alpha value is -2.18. The Labute approximate surface area is 159 Å². The zero-order valence-corrected chi connectivity index (χ0v) is 15.5. The van der Waals surface area contributed by atoms with Crippen molar-refractivity contribution in [2.75, 3.05) is 10.2 Å². The highest BCUT2D eigenvalue weighted by molar-refractivity contribution is 7.12. The third-order valence-electron chi connectivity index (χ3n) is 5.05. The number of thiophene rings is 1. The fourth-order valence-corrected chi connectivity index (χ4v) is 4.59. The van der Waals surface area contributed by atoms with Crippen molar-refractivity contribution >= 4 is 52.0 Å². The van der Waals surface area contributed by atoms with E-state index in [9.17, 15) is 14.4 Å². The van der Waals surface area contributed by atoms with Crippen LogP contribution >= 0.6 is 22.9 Å². The maximum atomic E-state index is 12.7. The van der Waals surface area contributed by atoms with Gasteiger partial charge in [-0.15, -0.1) is 11.3 Å². The lowest BCUT2D eigenvalue weighted by atomic mass is 9.81. The molecule has 0 radical (unpaired) electrons. The van der Waals surface area contributed by atoms with E-state index < -0.39 is 0 Å². The van der Waals surface area contributed by atoms with Crippen molar-refractivity contribution in [3.05, 3.63) is 45.6 Å². The van der Waals surface area contributed by atoms with Crippen LogP contribution in [0.4, 0.5) is 11.4 Å². The summed E-state index contributed by atoms with van der Waals surface area (Å²) in [7, 11) is 0. The molecule has 1 N–H and O–H groups in total. The molecule has 4 rings (SSSR count). The van der Waals surface area contributed by atoms with E-state index >= 15 is 0 Å². The van der Waals surface area contributed by atoms with Crippen molar-refractivity contribution in [3.8, 4) is 0 Å². The van der Waals surface area contributed by atoms with E-state index in [1.54, 1.807) is 30.3 Å². The molecule has 1 aromatic heterocycles. The number of nitrogens with zero attached hydrogens (tertiary/aromatic N) is 1. The number of carbonyl (C=O) groups excluding carboxylic acids is 3. The highest BCUT2D eigenvalue weighted by atomic mass is 35.5. The molecule has 2 aromatic rings. The molecule has 3 amide bonds. The molecular weight excluding hydrogens is 372 g/mol. The number of rotatable bonds is 3. The SMILES string of the molecule is O=C(Nc1ccc(N2C(=O)[C@H]3CCCC[C@H]3C2=O)cc1Cl)c1cccs1. The Morgan fingerprint density at radius 2 is 1.81 bits per heavy atom. The van der Waals surface area contributed by atoms with E-state index in [4.69, 9.17) is 11.6 Å². The number of amides is 3. The summed E-state index contributed by atoms with van der Waals surface area (Å²) >= 11 is 7.64. The quantitative estimate of drug-likeness (QED) is 0.795. The Morgan fingerprint density at radius 3 is 2.38 bits per heavy atom. The molecule has 7 heteroatoms. The van der Waals surface area contributed by atoms with Gasteiger partial charge in [0.15, 0.2) is 0 Å². The standard InChI is InChI=1S/C19H17ClN2O3S/c20-14-10-11(7-8-15(14)21-17(23)16-6-3-9-26-16)22-18(24)12-4-1-2-5-13(12)19(22)25/h3,6-10,12-13H,1-2,4-5H2,(H,21,23)/t12-,13+. The average Bonchev–Trinajstić information content (AvgIpc) is 3.26. The molecule has 0 bridgehead atoms. The summed E-state index contributed by atoms with van der Waals surface area (Å²) in [6, 6.07) is 8.38. The van der Waals surface area contributed by atoms with Gasteiger partial charge < -0.3 is 5.32 Å². The summed E-state index contributed by atoms with van der Waals surface area (Å²) < 4.78 is 0. The fraction of sp³-hybridized carbons (Fsp3) is 0.316. The normalized spacial score (nSPS) is 22.4. The second-order valence-corrected chi connectivity index (χ2v) is 7.96. The number of nitrogens with one attached hydrogen (secondary N) is 1. The molecule has 5 nitrogen and oxygen atoms in total. The lowest BCUT2D eigenvalue weighted by Gasteiger charge is -2.19. The second kappa shape index (κ2) is 6.85. The number of halogens is 1. The molecule has 0 spiro atoms. The minimum absolute atomic E-state index is 0.133. The molecule has 26 heavy (non-hydrogen) atoms. The van der Waals surface area contributed by atoms with Crippen molar-refractivity contribution in [1.29, 1.82) is 0 Å². The summed E-state index contributed by atoms with van der Waals surface area (Å²) in [4.78, 5) is 39.4. The van der Waals surface area contributed by atoms with Gasteiger partial charge in [0.05, 0.1) is 33.1 Å². The number of carbonyl (C=O) groups is 3. The molecule has 134 valence electrons. The van der Waals surface area contributed by atoms with Crippen LogP contribution in [0.5, 0.6) is 0 Å². The highest BCUT2D eigenvalue weighted by Crippen LogP contribution is 2.41. The Kier molecular flexibility index (Phi) is 4.54. The molecule has 0 unspecified atom stereocenters. The Morgan fingerprint density at radius 1 is 1.12 bits per heavy atom. The van der Waals surface area contributed by atoms with Crippen molar-refractivity contribution in [1.82, 2.24) is 0 Å². The summed E-state index contributed by atoms with van der Waals surface area (Å²) in [5.41, 5.74) is 0.916. The van der Waals surface area contributed by atoms with Gasteiger partial charge in [0.2, 0.25) is 11.8 Å². The number of fused-ring (bicyclic) bond motifs is 1. The monoisotopic (exact) mass is 388 g/mol. The van der Waals surface area contributed by atoms with Crippen LogP contribution in [0.3, 0.4) is 0 Å². The molecule has 2 fully saturated rings. The van der Waals surface area contributed by atoms with E-state index in [1.807, 2.05) is 5.38 Å². The average molecular weight is 389 g/mol. The molecular formula is C19H17ClN2O3S. The number of anilines is 2. The second-order valence-electron chi connectivity index (χ2n) is 6.60. The van der Waals surface area contributed by atoms with E-state index in [1.165, 1.54) is 16.2 Å². The predicted octanol–water partition coefficient (Wildman–Crippen LogP) is 4.33. The van der Waals surface area contributed by atoms with Gasteiger partial charge in [-0.25, -0.2) is 0 Å². The molecule has 2 aliphatic rings. The third kappa shape index (κ3) is 2.93. The lowest BCUT2D eigenvalue weighted by Crippen LogP contribution is -2.30. The maximum Gasteiger partial charge on any atom is 0.265 e. The summed E-state index contributed by atoms with van der Waals surface area (Å²) in [5, 5.41) is 4.87. The van der Waals surface area contributed by atoms with Gasteiger partial charge in [0.1, 0.15) is 0 Å². The number of hydrogen-bond donors (Lipinski definition) is 1. The van der Waals surface area contributed by atoms with Gasteiger partial charge in [-0.2, -0.15) is 0 Å². The zero-order valence-electron chi connectivity index (χ0n) is 13.9. The molecule has 2 heterocycles. The molecule has 2 atom stereocenters. The van der Waals surface area contributed by atoms with Gasteiger partial charge in [-0.05, 0) is 42.5 Å². The van der Waals surface area contributed by atoms with Crippen molar-refractivity contribution in [3.63, 3.8) is 0 Å². The lowest BCUT2D eigenvalue weighted by molar-refractivity contribution is -0.122. The predicted molar refractivity (Wildman–Crippen MR) is 102 cm³/mol. The Bertz CT molecular complexity index is 857. The van der Waals surface area contributed by atoms with Crippen LogP contribution in [0.2, 0.25) is 5.02 Å². The maximum absolute atomic E-state index is 12.7. The minimum Gasteiger partial charge on any atom is -0.320 e. The van der Waals surface area contributed by atoms with Gasteiger partial charge in [0.25, 0.3) is 5.91 Å². The minimum atomic E-state index is -0.242. The van der Waals surface area contributed by atoms with Crippen LogP contribution in [0, 0.1) is 11.8 Å². The highest BCUT2D eigenvalue weighted by Gasteiger charge is 2.48. The largest absolute Gasteiger partial charge is 0.320 e. The van der Waals surface area contributed by atoms with E-state index in [-0.39, 0.29) is 29.6 Å². The molecule has 1 saturated heterocycles. The van der Waals surface area contributed by atoms with Crippen molar-refractivity contribution in [2.45, 2.75) is 25.7 Å². The molecule has 1 aliphatic heterocycles. The summed E-state index contributed by atoms with van der Waals surface area (Å²) in [6.45, 7) is 0. The van der Waals surface area contributed by atoms with Crippen LogP contribution in [-0.4, -0.2) is 17.7 Å². The van der Waals surface area contributed by atoms with Gasteiger partial charge in [-0.1, -0.05) is 30.5 Å². The third-order valence-corrected chi connectivity index (χ3v) is 6.23. The topological polar surface area (TPSA) is 66.5 Å². The number of imide groups is 1. The first-order chi connectivity index (χ1) is 12.6. The first-order valence-corrected chi connectivity index (χ1v) is 9.84.